The van der Waals surface area contributed by atoms with Crippen LogP contribution in [0.5, 0.6) is 0 Å². The van der Waals surface area contributed by atoms with E-state index in [0.29, 0.717) is 0 Å². The van der Waals surface area contributed by atoms with E-state index in [1.807, 2.05) is 68.4 Å². The van der Waals surface area contributed by atoms with E-state index in [0.717, 1.165) is 26.6 Å². The summed E-state index contributed by atoms with van der Waals surface area (Å²) in [6.07, 6.45) is 0.228. The predicted molar refractivity (Wildman–Crippen MR) is 172 cm³/mol. The lowest BCUT2D eigenvalue weighted by atomic mass is 10.0. The summed E-state index contributed by atoms with van der Waals surface area (Å²) in [6, 6.07) is 26.8. The van der Waals surface area contributed by atoms with Gasteiger partial charge in [-0.15, -0.1) is 0 Å². The van der Waals surface area contributed by atoms with Crippen molar-refractivity contribution in [2.75, 3.05) is 17.9 Å². The molecule has 43 heavy (non-hydrogen) atoms. The molecule has 10 heteroatoms. The zero-order valence-electron chi connectivity index (χ0n) is 24.1. The highest BCUT2D eigenvalue weighted by atomic mass is 35.5. The molecular weight excluding hydrogens is 605 g/mol. The molecule has 0 aliphatic carbocycles. The second-order valence-electron chi connectivity index (χ2n) is 10.3. The van der Waals surface area contributed by atoms with Crippen LogP contribution in [0.4, 0.5) is 5.69 Å². The third kappa shape index (κ3) is 8.16. The van der Waals surface area contributed by atoms with Gasteiger partial charge in [-0.1, -0.05) is 101 Å². The molecule has 0 aromatic heterocycles. The molecule has 1 atom stereocenters. The first-order chi connectivity index (χ1) is 20.5. The molecule has 0 heterocycles. The maximum atomic E-state index is 14.3. The van der Waals surface area contributed by atoms with Crippen molar-refractivity contribution in [1.29, 1.82) is 0 Å². The number of rotatable bonds is 11. The summed E-state index contributed by atoms with van der Waals surface area (Å²) >= 11 is 12.6. The lowest BCUT2D eigenvalue weighted by molar-refractivity contribution is -0.139. The number of halogens is 2. The fourth-order valence-corrected chi connectivity index (χ4v) is 6.69. The van der Waals surface area contributed by atoms with E-state index in [2.05, 4.69) is 5.32 Å². The summed E-state index contributed by atoms with van der Waals surface area (Å²) in [5.74, 6) is -0.943. The molecule has 0 saturated heterocycles. The zero-order valence-corrected chi connectivity index (χ0v) is 26.5. The number of nitrogens with one attached hydrogen (secondary N) is 1. The number of anilines is 1. The molecule has 0 saturated carbocycles. The maximum Gasteiger partial charge on any atom is 0.264 e. The average Bonchev–Trinajstić information content (AvgIpc) is 2.97. The number of hydrogen-bond donors (Lipinski definition) is 1. The lowest BCUT2D eigenvalue weighted by Crippen LogP contribution is -2.53. The zero-order chi connectivity index (χ0) is 31.1. The lowest BCUT2D eigenvalue weighted by Gasteiger charge is -2.33. The molecular formula is C33H33Cl2N3O4S. The van der Waals surface area contributed by atoms with E-state index < -0.39 is 28.5 Å². The first kappa shape index (κ1) is 32.1. The van der Waals surface area contributed by atoms with Crippen LogP contribution in [0.3, 0.4) is 0 Å². The minimum absolute atomic E-state index is 0.000584. The van der Waals surface area contributed by atoms with E-state index in [1.54, 1.807) is 12.1 Å². The predicted octanol–water partition coefficient (Wildman–Crippen LogP) is 6.19. The Morgan fingerprint density at radius 1 is 0.791 bits per heavy atom. The Kier molecular flexibility index (Phi) is 10.5. The molecule has 224 valence electrons. The fourth-order valence-electron chi connectivity index (χ4n) is 4.78. The topological polar surface area (TPSA) is 86.8 Å². The number of sulfonamides is 1. The van der Waals surface area contributed by atoms with E-state index in [-0.39, 0.29) is 39.5 Å². The van der Waals surface area contributed by atoms with Crippen molar-refractivity contribution < 1.29 is 18.0 Å². The van der Waals surface area contributed by atoms with Gasteiger partial charge in [0.25, 0.3) is 10.0 Å². The Balaban J connectivity index is 1.81. The van der Waals surface area contributed by atoms with Gasteiger partial charge in [0.1, 0.15) is 12.6 Å². The largest absolute Gasteiger partial charge is 0.357 e. The molecule has 0 radical (unpaired) electrons. The van der Waals surface area contributed by atoms with Gasteiger partial charge >= 0.3 is 0 Å². The maximum absolute atomic E-state index is 14.3. The standard InChI is InChI=1S/C33H33Cl2N3O4S/c1-23-12-14-30(15-13-23)43(41,42)38(29-19-27(34)18-28(35)20-29)22-32(39)37(21-26-11-7-8-24(2)16-26)31(33(40)36-3)17-25-9-5-4-6-10-25/h4-16,18-20,31H,17,21-22H2,1-3H3,(H,36,40). The number of amides is 2. The van der Waals surface area contributed by atoms with Gasteiger partial charge in [-0.2, -0.15) is 0 Å². The number of hydrogen-bond acceptors (Lipinski definition) is 4. The van der Waals surface area contributed by atoms with Crippen molar-refractivity contribution in [3.63, 3.8) is 0 Å². The van der Waals surface area contributed by atoms with Crippen LogP contribution in [0.25, 0.3) is 0 Å². The minimum atomic E-state index is -4.25. The van der Waals surface area contributed by atoms with Gasteiger partial charge in [0, 0.05) is 30.1 Å². The van der Waals surface area contributed by atoms with Gasteiger partial charge in [-0.05, 0) is 55.3 Å². The van der Waals surface area contributed by atoms with E-state index in [1.165, 1.54) is 42.3 Å². The molecule has 1 unspecified atom stereocenters. The van der Waals surface area contributed by atoms with Gasteiger partial charge in [0.2, 0.25) is 11.8 Å². The van der Waals surface area contributed by atoms with Gasteiger partial charge in [-0.25, -0.2) is 8.42 Å². The summed E-state index contributed by atoms with van der Waals surface area (Å²) in [5, 5.41) is 3.10. The first-order valence-corrected chi connectivity index (χ1v) is 15.8. The van der Waals surface area contributed by atoms with Gasteiger partial charge < -0.3 is 10.2 Å². The number of carbonyl (C=O) groups is 2. The number of likely N-dealkylation sites (N-methyl/N-ethyl adjacent to an activating group) is 1. The highest BCUT2D eigenvalue weighted by Crippen LogP contribution is 2.30. The third-order valence-corrected chi connectivity index (χ3v) is 9.20. The van der Waals surface area contributed by atoms with Crippen LogP contribution >= 0.6 is 23.2 Å². The van der Waals surface area contributed by atoms with Crippen molar-refractivity contribution in [3.8, 4) is 0 Å². The Morgan fingerprint density at radius 3 is 2.02 bits per heavy atom. The van der Waals surface area contributed by atoms with E-state index in [4.69, 9.17) is 23.2 Å². The highest BCUT2D eigenvalue weighted by Gasteiger charge is 2.34. The molecule has 4 rings (SSSR count). The van der Waals surface area contributed by atoms with E-state index in [9.17, 15) is 18.0 Å². The molecule has 0 aliphatic rings. The Hall–Kier alpha value is -3.85. The molecule has 7 nitrogen and oxygen atoms in total. The Morgan fingerprint density at radius 2 is 1.42 bits per heavy atom. The summed E-state index contributed by atoms with van der Waals surface area (Å²) < 4.78 is 29.1. The second-order valence-corrected chi connectivity index (χ2v) is 13.0. The van der Waals surface area contributed by atoms with Crippen LogP contribution in [0.1, 0.15) is 22.3 Å². The SMILES string of the molecule is CNC(=O)C(Cc1ccccc1)N(Cc1cccc(C)c1)C(=O)CN(c1cc(Cl)cc(Cl)c1)S(=O)(=O)c1ccc(C)cc1. The fraction of sp³-hybridized carbons (Fsp3) is 0.212. The van der Waals surface area contributed by atoms with Crippen LogP contribution in [-0.4, -0.2) is 44.8 Å². The molecule has 2 amide bonds. The van der Waals surface area contributed by atoms with Crippen molar-refractivity contribution in [3.05, 3.63) is 129 Å². The summed E-state index contributed by atoms with van der Waals surface area (Å²) in [4.78, 5) is 29.1. The molecule has 0 bridgehead atoms. The number of nitrogens with zero attached hydrogens (tertiary/aromatic N) is 2. The monoisotopic (exact) mass is 637 g/mol. The second kappa shape index (κ2) is 14.1. The van der Waals surface area contributed by atoms with Crippen LogP contribution in [0.2, 0.25) is 10.0 Å². The molecule has 1 N–H and O–H groups in total. The molecule has 4 aromatic carbocycles. The number of benzene rings is 4. The number of aryl methyl sites for hydroxylation is 2. The minimum Gasteiger partial charge on any atom is -0.357 e. The van der Waals surface area contributed by atoms with Crippen LogP contribution in [0.15, 0.2) is 102 Å². The first-order valence-electron chi connectivity index (χ1n) is 13.6. The van der Waals surface area contributed by atoms with E-state index >= 15 is 0 Å². The Bertz CT molecular complexity index is 1680. The quantitative estimate of drug-likeness (QED) is 0.212. The van der Waals surface area contributed by atoms with Gasteiger partial charge in [-0.3, -0.25) is 13.9 Å². The van der Waals surface area contributed by atoms with Crippen molar-refractivity contribution in [2.24, 2.45) is 0 Å². The average molecular weight is 639 g/mol. The van der Waals surface area contributed by atoms with Crippen LogP contribution in [-0.2, 0) is 32.6 Å². The normalized spacial score (nSPS) is 11.9. The van der Waals surface area contributed by atoms with Gasteiger partial charge in [0.15, 0.2) is 0 Å². The summed E-state index contributed by atoms with van der Waals surface area (Å²) in [7, 11) is -2.74. The van der Waals surface area contributed by atoms with Crippen molar-refractivity contribution in [2.45, 2.75) is 37.8 Å². The molecule has 0 aliphatic heterocycles. The molecule has 0 fully saturated rings. The highest BCUT2D eigenvalue weighted by molar-refractivity contribution is 7.92. The third-order valence-electron chi connectivity index (χ3n) is 6.98. The van der Waals surface area contributed by atoms with Crippen LogP contribution in [0, 0.1) is 13.8 Å². The van der Waals surface area contributed by atoms with Crippen molar-refractivity contribution in [1.82, 2.24) is 10.2 Å². The van der Waals surface area contributed by atoms with Gasteiger partial charge in [0.05, 0.1) is 10.6 Å². The molecule has 4 aromatic rings. The number of carbonyl (C=O) groups excluding carboxylic acids is 2. The Labute approximate surface area is 263 Å². The smallest absolute Gasteiger partial charge is 0.264 e. The molecule has 0 spiro atoms. The van der Waals surface area contributed by atoms with Crippen molar-refractivity contribution >= 4 is 50.7 Å². The summed E-state index contributed by atoms with van der Waals surface area (Å²) in [6.45, 7) is 3.28. The van der Waals surface area contributed by atoms with Crippen LogP contribution < -0.4 is 9.62 Å². The summed E-state index contributed by atoms with van der Waals surface area (Å²) in [5.41, 5.74) is 3.65.